The van der Waals surface area contributed by atoms with Crippen molar-refractivity contribution in [3.8, 4) is 0 Å². The third-order valence-electron chi connectivity index (χ3n) is 4.30. The number of rotatable bonds is 3. The first kappa shape index (κ1) is 16.9. The van der Waals surface area contributed by atoms with Crippen LogP contribution in [0.4, 0.5) is 4.79 Å². The minimum Gasteiger partial charge on any atom is -0.444 e. The van der Waals surface area contributed by atoms with Crippen LogP contribution < -0.4 is 5.32 Å². The zero-order valence-electron chi connectivity index (χ0n) is 14.7. The third-order valence-corrected chi connectivity index (χ3v) is 4.30. The SMILES string of the molecule is Cc1cc(CNC2CCN(C(=O)OC(C)(C)C)C2)c(C)n1C. The van der Waals surface area contributed by atoms with Crippen molar-refractivity contribution in [3.63, 3.8) is 0 Å². The van der Waals surface area contributed by atoms with Crippen molar-refractivity contribution in [2.75, 3.05) is 13.1 Å². The van der Waals surface area contributed by atoms with E-state index in [1.54, 1.807) is 4.90 Å². The number of ether oxygens (including phenoxy) is 1. The number of amides is 1. The molecule has 1 aromatic rings. The molecule has 0 bridgehead atoms. The van der Waals surface area contributed by atoms with Crippen molar-refractivity contribution >= 4 is 6.09 Å². The Kier molecular flexibility index (Phi) is 4.85. The van der Waals surface area contributed by atoms with Crippen LogP contribution in [0.25, 0.3) is 0 Å². The molecule has 2 rings (SSSR count). The lowest BCUT2D eigenvalue weighted by molar-refractivity contribution is 0.0291. The molecular formula is C17H29N3O2. The van der Waals surface area contributed by atoms with Gasteiger partial charge in [-0.1, -0.05) is 0 Å². The molecule has 1 fully saturated rings. The molecular weight excluding hydrogens is 278 g/mol. The van der Waals surface area contributed by atoms with Crippen LogP contribution in [-0.4, -0.2) is 40.3 Å². The van der Waals surface area contributed by atoms with Crippen LogP contribution >= 0.6 is 0 Å². The molecule has 0 saturated carbocycles. The number of aryl methyl sites for hydroxylation is 1. The van der Waals surface area contributed by atoms with Gasteiger partial charge in [-0.15, -0.1) is 0 Å². The van der Waals surface area contributed by atoms with E-state index < -0.39 is 5.60 Å². The summed E-state index contributed by atoms with van der Waals surface area (Å²) < 4.78 is 7.63. The molecule has 0 radical (unpaired) electrons. The van der Waals surface area contributed by atoms with Gasteiger partial charge in [-0.2, -0.15) is 0 Å². The maximum atomic E-state index is 12.1. The number of likely N-dealkylation sites (tertiary alicyclic amines) is 1. The van der Waals surface area contributed by atoms with Gasteiger partial charge in [0.1, 0.15) is 5.60 Å². The van der Waals surface area contributed by atoms with Gasteiger partial charge in [-0.3, -0.25) is 0 Å². The van der Waals surface area contributed by atoms with E-state index in [0.29, 0.717) is 6.04 Å². The van der Waals surface area contributed by atoms with Crippen molar-refractivity contribution in [1.29, 1.82) is 0 Å². The van der Waals surface area contributed by atoms with E-state index in [9.17, 15) is 4.79 Å². The molecule has 1 aliphatic rings. The van der Waals surface area contributed by atoms with Crippen LogP contribution in [-0.2, 0) is 18.3 Å². The third kappa shape index (κ3) is 4.03. The highest BCUT2D eigenvalue weighted by molar-refractivity contribution is 5.68. The molecule has 124 valence electrons. The average molecular weight is 307 g/mol. The van der Waals surface area contributed by atoms with Crippen molar-refractivity contribution in [2.24, 2.45) is 7.05 Å². The van der Waals surface area contributed by atoms with Gasteiger partial charge < -0.3 is 19.5 Å². The van der Waals surface area contributed by atoms with Crippen LogP contribution in [0.5, 0.6) is 0 Å². The predicted molar refractivity (Wildman–Crippen MR) is 87.9 cm³/mol. The Balaban J connectivity index is 1.84. The first-order valence-corrected chi connectivity index (χ1v) is 8.00. The summed E-state index contributed by atoms with van der Waals surface area (Å²) in [7, 11) is 2.09. The Morgan fingerprint density at radius 3 is 2.64 bits per heavy atom. The maximum Gasteiger partial charge on any atom is 0.410 e. The van der Waals surface area contributed by atoms with Crippen LogP contribution in [0.1, 0.15) is 44.1 Å². The van der Waals surface area contributed by atoms with Crippen LogP contribution in [0.15, 0.2) is 6.07 Å². The highest BCUT2D eigenvalue weighted by Crippen LogP contribution is 2.17. The molecule has 1 atom stereocenters. The summed E-state index contributed by atoms with van der Waals surface area (Å²) in [5, 5.41) is 3.56. The average Bonchev–Trinajstić information content (AvgIpc) is 2.96. The summed E-state index contributed by atoms with van der Waals surface area (Å²) in [5.74, 6) is 0. The molecule has 0 aliphatic carbocycles. The molecule has 0 aromatic carbocycles. The van der Waals surface area contributed by atoms with E-state index >= 15 is 0 Å². The van der Waals surface area contributed by atoms with Crippen LogP contribution in [0.3, 0.4) is 0 Å². The summed E-state index contributed by atoms with van der Waals surface area (Å²) in [6.45, 7) is 12.3. The highest BCUT2D eigenvalue weighted by atomic mass is 16.6. The molecule has 1 aliphatic heterocycles. The minimum atomic E-state index is -0.429. The summed E-state index contributed by atoms with van der Waals surface area (Å²) in [5.41, 5.74) is 3.47. The fraction of sp³-hybridized carbons (Fsp3) is 0.706. The fourth-order valence-corrected chi connectivity index (χ4v) is 2.79. The second-order valence-corrected chi connectivity index (χ2v) is 7.25. The normalized spacial score (nSPS) is 18.8. The number of hydrogen-bond acceptors (Lipinski definition) is 3. The summed E-state index contributed by atoms with van der Waals surface area (Å²) in [6, 6.07) is 2.57. The maximum absolute atomic E-state index is 12.1. The standard InChI is InChI=1S/C17H29N3O2/c1-12-9-14(13(2)19(12)6)10-18-15-7-8-20(11-15)16(21)22-17(3,4)5/h9,15,18H,7-8,10-11H2,1-6H3. The Hall–Kier alpha value is -1.49. The number of nitrogens with zero attached hydrogens (tertiary/aromatic N) is 2. The molecule has 0 spiro atoms. The lowest BCUT2D eigenvalue weighted by Crippen LogP contribution is -2.38. The van der Waals surface area contributed by atoms with Crippen LogP contribution in [0.2, 0.25) is 0 Å². The van der Waals surface area contributed by atoms with Crippen molar-refractivity contribution < 1.29 is 9.53 Å². The van der Waals surface area contributed by atoms with Gasteiger partial charge >= 0.3 is 6.09 Å². The van der Waals surface area contributed by atoms with Gasteiger partial charge in [0.25, 0.3) is 0 Å². The summed E-state index contributed by atoms with van der Waals surface area (Å²) in [4.78, 5) is 13.9. The minimum absolute atomic E-state index is 0.205. The van der Waals surface area contributed by atoms with E-state index in [2.05, 4.69) is 36.8 Å². The highest BCUT2D eigenvalue weighted by Gasteiger charge is 2.29. The van der Waals surface area contributed by atoms with Gasteiger partial charge in [0, 0.05) is 44.1 Å². The Morgan fingerprint density at radius 1 is 1.41 bits per heavy atom. The number of carbonyl (C=O) groups is 1. The lowest BCUT2D eigenvalue weighted by atomic mass is 10.2. The van der Waals surface area contributed by atoms with E-state index in [-0.39, 0.29) is 6.09 Å². The molecule has 5 heteroatoms. The summed E-state index contributed by atoms with van der Waals surface area (Å²) >= 11 is 0. The quantitative estimate of drug-likeness (QED) is 0.934. The Labute approximate surface area is 133 Å². The molecule has 2 heterocycles. The number of carbonyl (C=O) groups excluding carboxylic acids is 1. The smallest absolute Gasteiger partial charge is 0.410 e. The Bertz CT molecular complexity index is 543. The molecule has 5 nitrogen and oxygen atoms in total. The van der Waals surface area contributed by atoms with Crippen LogP contribution in [0, 0.1) is 13.8 Å². The lowest BCUT2D eigenvalue weighted by Gasteiger charge is -2.24. The van der Waals surface area contributed by atoms with Crippen molar-refractivity contribution in [3.05, 3.63) is 23.0 Å². The van der Waals surface area contributed by atoms with E-state index in [0.717, 1.165) is 26.1 Å². The molecule has 1 saturated heterocycles. The summed E-state index contributed by atoms with van der Waals surface area (Å²) in [6.07, 6.45) is 0.771. The van der Waals surface area contributed by atoms with Gasteiger partial charge in [0.05, 0.1) is 0 Å². The molecule has 1 unspecified atom stereocenters. The van der Waals surface area contributed by atoms with Crippen molar-refractivity contribution in [1.82, 2.24) is 14.8 Å². The zero-order valence-corrected chi connectivity index (χ0v) is 14.7. The number of aromatic nitrogens is 1. The molecule has 22 heavy (non-hydrogen) atoms. The fourth-order valence-electron chi connectivity index (χ4n) is 2.79. The first-order valence-electron chi connectivity index (χ1n) is 8.00. The van der Waals surface area contributed by atoms with E-state index in [4.69, 9.17) is 4.74 Å². The van der Waals surface area contributed by atoms with Gasteiger partial charge in [-0.25, -0.2) is 4.79 Å². The Morgan fingerprint density at radius 2 is 2.09 bits per heavy atom. The van der Waals surface area contributed by atoms with Gasteiger partial charge in [0.2, 0.25) is 0 Å². The molecule has 1 N–H and O–H groups in total. The van der Waals surface area contributed by atoms with E-state index in [1.807, 2.05) is 20.8 Å². The topological polar surface area (TPSA) is 46.5 Å². The molecule has 1 aromatic heterocycles. The van der Waals surface area contributed by atoms with E-state index in [1.165, 1.54) is 17.0 Å². The number of nitrogens with one attached hydrogen (secondary N) is 1. The monoisotopic (exact) mass is 307 g/mol. The van der Waals surface area contributed by atoms with Crippen molar-refractivity contribution in [2.45, 2.75) is 59.2 Å². The van der Waals surface area contributed by atoms with Gasteiger partial charge in [0.15, 0.2) is 0 Å². The zero-order chi connectivity index (χ0) is 16.5. The largest absolute Gasteiger partial charge is 0.444 e. The molecule has 1 amide bonds. The predicted octanol–water partition coefficient (Wildman–Crippen LogP) is 2.74. The van der Waals surface area contributed by atoms with Gasteiger partial charge in [-0.05, 0) is 52.7 Å². The first-order chi connectivity index (χ1) is 10.2. The number of hydrogen-bond donors (Lipinski definition) is 1. The second-order valence-electron chi connectivity index (χ2n) is 7.25. The second kappa shape index (κ2) is 6.32.